The van der Waals surface area contributed by atoms with Crippen LogP contribution in [0.1, 0.15) is 14.5 Å². The molecule has 3 nitrogen and oxygen atoms in total. The second-order valence-corrected chi connectivity index (χ2v) is 3.46. The van der Waals surface area contributed by atoms with Gasteiger partial charge in [0.2, 0.25) is 0 Å². The predicted octanol–water partition coefficient (Wildman–Crippen LogP) is 1.61. The van der Waals surface area contributed by atoms with Gasteiger partial charge >= 0.3 is 0 Å². The van der Waals surface area contributed by atoms with Crippen LogP contribution in [0, 0.1) is 0 Å². The normalized spacial score (nSPS) is 19.5. The van der Waals surface area contributed by atoms with Crippen LogP contribution in [0.4, 0.5) is 5.69 Å². The molecule has 0 aliphatic carbocycles. The number of hydrogen-bond acceptors (Lipinski definition) is 2. The molecule has 2 rings (SSSR count). The number of amides is 1. The number of Topliss-reactive ketones (excluding diaryl/α,β-unsaturated/α-hetero) is 1. The molecule has 13 heavy (non-hydrogen) atoms. The van der Waals surface area contributed by atoms with E-state index in [2.05, 4.69) is 15.9 Å². The molecule has 0 spiro atoms. The van der Waals surface area contributed by atoms with Crippen LogP contribution in [0.25, 0.3) is 0 Å². The van der Waals surface area contributed by atoms with Gasteiger partial charge in [-0.1, -0.05) is 6.07 Å². The Labute approximate surface area is 87.7 Å². The molecule has 0 fully saturated rings. The molecule has 0 N–H and O–H groups in total. The summed E-state index contributed by atoms with van der Waals surface area (Å²) in [6.07, 6.45) is 0. The Bertz CT molecular complexity index is 498. The lowest BCUT2D eigenvalue weighted by Crippen LogP contribution is -2.24. The minimum atomic E-state index is -2.65. The SMILES string of the molecule is [2H]C([2H])([2H])N1C(=O)C(=O)c2cccc(Br)c21. The van der Waals surface area contributed by atoms with E-state index in [0.29, 0.717) is 9.37 Å². The van der Waals surface area contributed by atoms with Crippen LogP contribution in [0.2, 0.25) is 0 Å². The van der Waals surface area contributed by atoms with Gasteiger partial charge in [-0.2, -0.15) is 0 Å². The molecule has 0 bridgehead atoms. The third-order valence-corrected chi connectivity index (χ3v) is 2.49. The maximum Gasteiger partial charge on any atom is 0.299 e. The fourth-order valence-corrected chi connectivity index (χ4v) is 1.79. The van der Waals surface area contributed by atoms with E-state index in [0.717, 1.165) is 0 Å². The quantitative estimate of drug-likeness (QED) is 0.649. The van der Waals surface area contributed by atoms with Gasteiger partial charge in [-0.15, -0.1) is 0 Å². The van der Waals surface area contributed by atoms with Crippen LogP contribution in [0.3, 0.4) is 0 Å². The largest absolute Gasteiger partial charge is 0.307 e. The van der Waals surface area contributed by atoms with Gasteiger partial charge in [0.1, 0.15) is 0 Å². The zero-order valence-electron chi connectivity index (χ0n) is 9.37. The summed E-state index contributed by atoms with van der Waals surface area (Å²) < 4.78 is 22.1. The lowest BCUT2D eigenvalue weighted by Gasteiger charge is -2.09. The van der Waals surface area contributed by atoms with Crippen LogP contribution < -0.4 is 4.90 Å². The van der Waals surface area contributed by atoms with E-state index in [1.165, 1.54) is 6.07 Å². The van der Waals surface area contributed by atoms with E-state index in [9.17, 15) is 9.59 Å². The summed E-state index contributed by atoms with van der Waals surface area (Å²) in [5, 5.41) is 0. The van der Waals surface area contributed by atoms with Crippen molar-refractivity contribution < 1.29 is 13.7 Å². The van der Waals surface area contributed by atoms with E-state index in [4.69, 9.17) is 4.11 Å². The number of rotatable bonds is 0. The highest BCUT2D eigenvalue weighted by atomic mass is 79.9. The number of halogens is 1. The number of benzene rings is 1. The van der Waals surface area contributed by atoms with Crippen molar-refractivity contribution in [1.82, 2.24) is 0 Å². The summed E-state index contributed by atoms with van der Waals surface area (Å²) in [4.78, 5) is 23.7. The molecule has 0 atom stereocenters. The molecule has 4 heteroatoms. The van der Waals surface area contributed by atoms with Gasteiger partial charge in [0, 0.05) is 15.6 Å². The van der Waals surface area contributed by atoms with Gasteiger partial charge in [-0.3, -0.25) is 9.59 Å². The lowest BCUT2D eigenvalue weighted by molar-refractivity contribution is -0.114. The van der Waals surface area contributed by atoms with Crippen molar-refractivity contribution in [2.75, 3.05) is 11.9 Å². The Balaban J connectivity index is 2.70. The van der Waals surface area contributed by atoms with Crippen molar-refractivity contribution in [3.8, 4) is 0 Å². The molecule has 0 aromatic heterocycles. The van der Waals surface area contributed by atoms with Crippen molar-refractivity contribution in [2.45, 2.75) is 0 Å². The first kappa shape index (κ1) is 5.54. The zero-order chi connectivity index (χ0) is 12.1. The van der Waals surface area contributed by atoms with E-state index >= 15 is 0 Å². The topological polar surface area (TPSA) is 37.4 Å². The van der Waals surface area contributed by atoms with Gasteiger partial charge in [0.15, 0.2) is 0 Å². The Kier molecular flexibility index (Phi) is 1.14. The minimum absolute atomic E-state index is 0.121. The first-order valence-corrected chi connectivity index (χ1v) is 4.31. The first-order valence-electron chi connectivity index (χ1n) is 5.01. The highest BCUT2D eigenvalue weighted by Gasteiger charge is 2.34. The molecule has 1 amide bonds. The second kappa shape index (κ2) is 2.67. The Morgan fingerprint density at radius 2 is 2.23 bits per heavy atom. The van der Waals surface area contributed by atoms with E-state index in [-0.39, 0.29) is 11.3 Å². The van der Waals surface area contributed by atoms with Crippen molar-refractivity contribution in [3.63, 3.8) is 0 Å². The predicted molar refractivity (Wildman–Crippen MR) is 51.9 cm³/mol. The van der Waals surface area contributed by atoms with Crippen molar-refractivity contribution in [1.29, 1.82) is 0 Å². The average Bonchev–Trinajstić information content (AvgIpc) is 2.42. The van der Waals surface area contributed by atoms with Crippen molar-refractivity contribution in [2.24, 2.45) is 0 Å². The number of para-hydroxylation sites is 1. The van der Waals surface area contributed by atoms with Crippen LogP contribution in [0.5, 0.6) is 0 Å². The number of fused-ring (bicyclic) bond motifs is 1. The van der Waals surface area contributed by atoms with Crippen LogP contribution in [-0.2, 0) is 4.79 Å². The number of carbonyl (C=O) groups is 2. The molecular formula is C9H6BrNO2. The van der Waals surface area contributed by atoms with Gasteiger partial charge < -0.3 is 4.90 Å². The molecule has 0 saturated heterocycles. The third kappa shape index (κ3) is 1.02. The molecule has 1 aromatic carbocycles. The summed E-state index contributed by atoms with van der Waals surface area (Å²) >= 11 is 3.14. The Morgan fingerprint density at radius 3 is 2.92 bits per heavy atom. The van der Waals surface area contributed by atoms with Crippen molar-refractivity contribution >= 4 is 33.3 Å². The number of carbonyl (C=O) groups excluding carboxylic acids is 2. The number of nitrogens with zero attached hydrogens (tertiary/aromatic N) is 1. The Hall–Kier alpha value is -1.16. The van der Waals surface area contributed by atoms with Gasteiger partial charge in [0.25, 0.3) is 11.7 Å². The average molecular weight is 243 g/mol. The summed E-state index contributed by atoms with van der Waals surface area (Å²) in [5.41, 5.74) is 0.244. The molecule has 0 unspecified atom stereocenters. The highest BCUT2D eigenvalue weighted by molar-refractivity contribution is 9.10. The minimum Gasteiger partial charge on any atom is -0.307 e. The monoisotopic (exact) mass is 242 g/mol. The zero-order valence-corrected chi connectivity index (χ0v) is 7.96. The summed E-state index contributed by atoms with van der Waals surface area (Å²) in [7, 11) is 0. The van der Waals surface area contributed by atoms with Gasteiger partial charge in [-0.25, -0.2) is 0 Å². The highest BCUT2D eigenvalue weighted by Crippen LogP contribution is 2.34. The number of ketones is 1. The first-order chi connectivity index (χ1) is 7.34. The number of hydrogen-bond donors (Lipinski definition) is 0. The second-order valence-electron chi connectivity index (χ2n) is 2.61. The van der Waals surface area contributed by atoms with E-state index in [1.54, 1.807) is 12.1 Å². The Morgan fingerprint density at radius 1 is 1.46 bits per heavy atom. The molecule has 1 aliphatic rings. The molecule has 1 aromatic rings. The molecule has 0 saturated carbocycles. The van der Waals surface area contributed by atoms with E-state index in [1.807, 2.05) is 0 Å². The maximum absolute atomic E-state index is 11.6. The maximum atomic E-state index is 11.6. The van der Waals surface area contributed by atoms with Crippen molar-refractivity contribution in [3.05, 3.63) is 28.2 Å². The summed E-state index contributed by atoms with van der Waals surface area (Å²) in [6.45, 7) is -2.65. The smallest absolute Gasteiger partial charge is 0.299 e. The molecule has 0 radical (unpaired) electrons. The standard InChI is InChI=1S/C9H6BrNO2/c1-11-7-5(8(12)9(11)13)3-2-4-6(7)10/h2-4H,1H3/i1D3. The molecular weight excluding hydrogens is 234 g/mol. The van der Waals surface area contributed by atoms with Gasteiger partial charge in [0.05, 0.1) is 11.3 Å². The summed E-state index contributed by atoms with van der Waals surface area (Å²) in [6, 6.07) is 4.60. The van der Waals surface area contributed by atoms with Crippen LogP contribution >= 0.6 is 15.9 Å². The summed E-state index contributed by atoms with van der Waals surface area (Å²) in [5.74, 6) is -1.80. The molecule has 1 heterocycles. The van der Waals surface area contributed by atoms with Crippen LogP contribution in [-0.4, -0.2) is 18.7 Å². The number of likely N-dealkylation sites (N-methyl/N-ethyl adjacent to an activating group) is 1. The van der Waals surface area contributed by atoms with E-state index < -0.39 is 18.7 Å². The fraction of sp³-hybridized carbons (Fsp3) is 0.111. The molecule has 1 aliphatic heterocycles. The number of anilines is 1. The lowest BCUT2D eigenvalue weighted by atomic mass is 10.1. The fourth-order valence-electron chi connectivity index (χ4n) is 1.24. The van der Waals surface area contributed by atoms with Gasteiger partial charge in [-0.05, 0) is 28.1 Å². The van der Waals surface area contributed by atoms with Crippen LogP contribution in [0.15, 0.2) is 22.7 Å². The molecule has 66 valence electrons. The third-order valence-electron chi connectivity index (χ3n) is 1.85.